The van der Waals surface area contributed by atoms with E-state index in [2.05, 4.69) is 10.6 Å². The molecule has 8 heteroatoms. The number of nitrogens with one attached hydrogen (secondary N) is 2. The summed E-state index contributed by atoms with van der Waals surface area (Å²) >= 11 is 0. The Morgan fingerprint density at radius 2 is 1.94 bits per heavy atom. The maximum Gasteiger partial charge on any atom is 0.328 e. The van der Waals surface area contributed by atoms with E-state index in [9.17, 15) is 14.4 Å². The molecule has 4 N–H and O–H groups in total. The number of carboxylic acids is 1. The van der Waals surface area contributed by atoms with Gasteiger partial charge in [0.1, 0.15) is 6.54 Å². The van der Waals surface area contributed by atoms with Gasteiger partial charge in [-0.3, -0.25) is 4.79 Å². The van der Waals surface area contributed by atoms with Crippen LogP contribution in [0.5, 0.6) is 0 Å². The van der Waals surface area contributed by atoms with Crippen molar-refractivity contribution in [3.63, 3.8) is 0 Å². The first-order valence-corrected chi connectivity index (χ1v) is 4.48. The summed E-state index contributed by atoms with van der Waals surface area (Å²) in [6, 6.07) is -2.12. The number of carbonyl (C=O) groups is 3. The molecule has 0 aromatic carbocycles. The van der Waals surface area contributed by atoms with Crippen molar-refractivity contribution in [3.05, 3.63) is 0 Å². The fourth-order valence-electron chi connectivity index (χ4n) is 0.811. The summed E-state index contributed by atoms with van der Waals surface area (Å²) in [5, 5.41) is 21.6. The number of hydrogen-bond donors (Lipinski definition) is 4. The molecule has 0 saturated carbocycles. The topological polar surface area (TPSA) is 119 Å². The number of carboxylic acid groups (broad SMARTS) is 1. The average molecular weight is 233 g/mol. The number of hydrogen-bond acceptors (Lipinski definition) is 4. The maximum absolute atomic E-state index is 11.3. The Labute approximate surface area is 92.2 Å². The van der Waals surface area contributed by atoms with E-state index >= 15 is 0 Å². The van der Waals surface area contributed by atoms with Crippen LogP contribution < -0.4 is 10.6 Å². The van der Waals surface area contributed by atoms with Crippen molar-refractivity contribution in [2.45, 2.75) is 6.04 Å². The molecule has 0 spiro atoms. The van der Waals surface area contributed by atoms with Crippen LogP contribution in [0, 0.1) is 0 Å². The van der Waals surface area contributed by atoms with Crippen LogP contribution in [0.3, 0.4) is 0 Å². The SMILES string of the molecule is CNC(=O)CN(C)C(=O)N[C@@H](CO)C(=O)O. The Morgan fingerprint density at radius 3 is 2.31 bits per heavy atom. The van der Waals surface area contributed by atoms with Crippen LogP contribution in [0.1, 0.15) is 0 Å². The molecule has 3 amide bonds. The summed E-state index contributed by atoms with van der Waals surface area (Å²) in [6.45, 7) is -0.908. The van der Waals surface area contributed by atoms with Crippen molar-refractivity contribution in [2.75, 3.05) is 27.2 Å². The Hall–Kier alpha value is -1.83. The predicted octanol–water partition coefficient (Wildman–Crippen LogP) is -2.18. The Morgan fingerprint density at radius 1 is 1.38 bits per heavy atom. The van der Waals surface area contributed by atoms with E-state index in [1.807, 2.05) is 0 Å². The van der Waals surface area contributed by atoms with Crippen molar-refractivity contribution in [2.24, 2.45) is 0 Å². The van der Waals surface area contributed by atoms with Gasteiger partial charge in [0.15, 0.2) is 6.04 Å². The molecule has 8 nitrogen and oxygen atoms in total. The van der Waals surface area contributed by atoms with Gasteiger partial charge in [0.2, 0.25) is 5.91 Å². The lowest BCUT2D eigenvalue weighted by Gasteiger charge is -2.19. The number of rotatable bonds is 5. The molecule has 0 fully saturated rings. The molecule has 0 saturated heterocycles. The highest BCUT2D eigenvalue weighted by Gasteiger charge is 2.21. The molecule has 0 bridgehead atoms. The van der Waals surface area contributed by atoms with Gasteiger partial charge in [-0.2, -0.15) is 0 Å². The van der Waals surface area contributed by atoms with Crippen molar-refractivity contribution in [3.8, 4) is 0 Å². The fraction of sp³-hybridized carbons (Fsp3) is 0.625. The van der Waals surface area contributed by atoms with Crippen molar-refractivity contribution >= 4 is 17.9 Å². The highest BCUT2D eigenvalue weighted by Crippen LogP contribution is 1.88. The van der Waals surface area contributed by atoms with Gasteiger partial charge in [-0.1, -0.05) is 0 Å². The second-order valence-corrected chi connectivity index (χ2v) is 3.05. The molecular weight excluding hydrogens is 218 g/mol. The third-order valence-corrected chi connectivity index (χ3v) is 1.78. The van der Waals surface area contributed by atoms with E-state index in [1.165, 1.54) is 14.1 Å². The van der Waals surface area contributed by atoms with Crippen molar-refractivity contribution in [1.29, 1.82) is 0 Å². The third kappa shape index (κ3) is 4.60. The lowest BCUT2D eigenvalue weighted by atomic mass is 10.3. The molecule has 0 aliphatic carbocycles. The van der Waals surface area contributed by atoms with E-state index < -0.39 is 24.6 Å². The van der Waals surface area contributed by atoms with E-state index in [-0.39, 0.29) is 12.5 Å². The molecule has 0 aromatic rings. The van der Waals surface area contributed by atoms with Gasteiger partial charge >= 0.3 is 12.0 Å². The van der Waals surface area contributed by atoms with Crippen LogP contribution in [0.4, 0.5) is 4.79 Å². The lowest BCUT2D eigenvalue weighted by Crippen LogP contribution is -2.50. The molecular formula is C8H15N3O5. The minimum absolute atomic E-state index is 0.194. The van der Waals surface area contributed by atoms with E-state index in [0.717, 1.165) is 4.90 Å². The molecule has 1 atom stereocenters. The van der Waals surface area contributed by atoms with Gasteiger partial charge in [0, 0.05) is 14.1 Å². The summed E-state index contributed by atoms with van der Waals surface area (Å²) in [6.07, 6.45) is 0. The van der Waals surface area contributed by atoms with Crippen LogP contribution in [0.2, 0.25) is 0 Å². The number of likely N-dealkylation sites (N-methyl/N-ethyl adjacent to an activating group) is 2. The predicted molar refractivity (Wildman–Crippen MR) is 53.7 cm³/mol. The van der Waals surface area contributed by atoms with Gasteiger partial charge in [0.05, 0.1) is 6.61 Å². The summed E-state index contributed by atoms with van der Waals surface area (Å²) in [5.41, 5.74) is 0. The van der Waals surface area contributed by atoms with Crippen molar-refractivity contribution in [1.82, 2.24) is 15.5 Å². The standard InChI is InChI=1S/C8H15N3O5/c1-9-6(13)3-11(2)8(16)10-5(4-12)7(14)15/h5,12H,3-4H2,1-2H3,(H,9,13)(H,10,16)(H,14,15)/t5-/m0/s1. The normalized spacial score (nSPS) is 11.4. The number of aliphatic hydroxyl groups excluding tert-OH is 1. The maximum atomic E-state index is 11.3. The second-order valence-electron chi connectivity index (χ2n) is 3.05. The number of carbonyl (C=O) groups excluding carboxylic acids is 2. The Kier molecular flexibility index (Phi) is 5.86. The zero-order chi connectivity index (χ0) is 12.7. The van der Waals surface area contributed by atoms with Gasteiger partial charge in [-0.15, -0.1) is 0 Å². The van der Waals surface area contributed by atoms with Crippen molar-refractivity contribution < 1.29 is 24.6 Å². The quantitative estimate of drug-likeness (QED) is 0.430. The monoisotopic (exact) mass is 233 g/mol. The molecule has 0 rings (SSSR count). The van der Waals surface area contributed by atoms with Crippen LogP contribution in [-0.2, 0) is 9.59 Å². The first-order valence-electron chi connectivity index (χ1n) is 4.48. The van der Waals surface area contributed by atoms with Crippen LogP contribution in [0.15, 0.2) is 0 Å². The summed E-state index contributed by atoms with van der Waals surface area (Å²) < 4.78 is 0. The number of amides is 3. The average Bonchev–Trinajstić information content (AvgIpc) is 2.24. The number of aliphatic carboxylic acids is 1. The van der Waals surface area contributed by atoms with Crippen LogP contribution >= 0.6 is 0 Å². The van der Waals surface area contributed by atoms with Crippen LogP contribution in [0.25, 0.3) is 0 Å². The molecule has 0 unspecified atom stereocenters. The van der Waals surface area contributed by atoms with Gasteiger partial charge in [-0.05, 0) is 0 Å². The highest BCUT2D eigenvalue weighted by molar-refractivity contribution is 5.86. The van der Waals surface area contributed by atoms with E-state index in [4.69, 9.17) is 10.2 Å². The zero-order valence-electron chi connectivity index (χ0n) is 9.06. The Bertz CT molecular complexity index is 281. The van der Waals surface area contributed by atoms with E-state index in [0.29, 0.717) is 0 Å². The molecule has 0 heterocycles. The number of nitrogens with zero attached hydrogens (tertiary/aromatic N) is 1. The molecule has 0 aliphatic rings. The second kappa shape index (κ2) is 6.62. The molecule has 92 valence electrons. The Balaban J connectivity index is 4.23. The summed E-state index contributed by atoms with van der Waals surface area (Å²) in [5.74, 6) is -1.72. The lowest BCUT2D eigenvalue weighted by molar-refractivity contribution is -0.140. The molecule has 0 aliphatic heterocycles. The minimum Gasteiger partial charge on any atom is -0.480 e. The van der Waals surface area contributed by atoms with Crippen LogP contribution in [-0.4, -0.2) is 66.3 Å². The molecule has 16 heavy (non-hydrogen) atoms. The fourth-order valence-corrected chi connectivity index (χ4v) is 0.811. The first-order chi connectivity index (χ1) is 7.42. The van der Waals surface area contributed by atoms with E-state index in [1.54, 1.807) is 0 Å². The zero-order valence-corrected chi connectivity index (χ0v) is 9.06. The number of urea groups is 1. The molecule has 0 aromatic heterocycles. The third-order valence-electron chi connectivity index (χ3n) is 1.78. The summed E-state index contributed by atoms with van der Waals surface area (Å²) in [4.78, 5) is 33.7. The van der Waals surface area contributed by atoms with Gasteiger partial charge < -0.3 is 25.7 Å². The smallest absolute Gasteiger partial charge is 0.328 e. The van der Waals surface area contributed by atoms with Gasteiger partial charge in [-0.25, -0.2) is 9.59 Å². The highest BCUT2D eigenvalue weighted by atomic mass is 16.4. The minimum atomic E-state index is -1.38. The molecule has 0 radical (unpaired) electrons. The largest absolute Gasteiger partial charge is 0.480 e. The number of aliphatic hydroxyl groups is 1. The summed E-state index contributed by atoms with van der Waals surface area (Å²) in [7, 11) is 2.75. The first kappa shape index (κ1) is 14.2. The van der Waals surface area contributed by atoms with Gasteiger partial charge in [0.25, 0.3) is 0 Å².